The van der Waals surface area contributed by atoms with E-state index in [-0.39, 0.29) is 30.2 Å². The van der Waals surface area contributed by atoms with Crippen LogP contribution in [0, 0.1) is 11.8 Å². The number of hydrogen-bond donors (Lipinski definition) is 3. The number of rotatable bonds is 8. The predicted octanol–water partition coefficient (Wildman–Crippen LogP) is 3.98. The molecule has 4 nitrogen and oxygen atoms in total. The molecular formula is C22H34O4. The van der Waals surface area contributed by atoms with Crippen LogP contribution in [0.2, 0.25) is 0 Å². The summed E-state index contributed by atoms with van der Waals surface area (Å²) in [6, 6.07) is 7.46. The number of aliphatic hydroxyl groups is 2. The van der Waals surface area contributed by atoms with E-state index < -0.39 is 0 Å². The fourth-order valence-corrected chi connectivity index (χ4v) is 4.95. The molecule has 0 spiro atoms. The second-order valence-electron chi connectivity index (χ2n) is 8.45. The van der Waals surface area contributed by atoms with Crippen LogP contribution in [-0.4, -0.2) is 39.7 Å². The van der Waals surface area contributed by atoms with Gasteiger partial charge in [0.25, 0.3) is 0 Å². The Morgan fingerprint density at radius 2 is 1.77 bits per heavy atom. The van der Waals surface area contributed by atoms with Crippen LogP contribution in [-0.2, 0) is 4.74 Å². The van der Waals surface area contributed by atoms with E-state index in [9.17, 15) is 15.3 Å². The molecule has 3 fully saturated rings. The van der Waals surface area contributed by atoms with Gasteiger partial charge in [0, 0.05) is 0 Å². The number of hydrogen-bond acceptors (Lipinski definition) is 4. The number of ether oxygens (including phenoxy) is 1. The van der Waals surface area contributed by atoms with Gasteiger partial charge in [-0.25, -0.2) is 0 Å². The van der Waals surface area contributed by atoms with E-state index in [1.165, 1.54) is 5.56 Å². The van der Waals surface area contributed by atoms with Gasteiger partial charge in [-0.15, -0.1) is 0 Å². The first-order valence-corrected chi connectivity index (χ1v) is 10.3. The largest absolute Gasteiger partial charge is 0.508 e. The second kappa shape index (κ2) is 8.73. The van der Waals surface area contributed by atoms with Gasteiger partial charge in [0.1, 0.15) is 5.75 Å². The van der Waals surface area contributed by atoms with E-state index >= 15 is 0 Å². The molecule has 0 heterocycles. The van der Waals surface area contributed by atoms with E-state index in [0.29, 0.717) is 24.2 Å². The maximum Gasteiger partial charge on any atom is 0.115 e. The van der Waals surface area contributed by atoms with E-state index in [4.69, 9.17) is 4.74 Å². The number of aliphatic hydroxyl groups excluding tert-OH is 2. The zero-order valence-corrected chi connectivity index (χ0v) is 16.1. The van der Waals surface area contributed by atoms with Gasteiger partial charge in [-0.1, -0.05) is 19.1 Å². The third kappa shape index (κ3) is 4.79. The lowest BCUT2D eigenvalue weighted by molar-refractivity contribution is -0.135. The summed E-state index contributed by atoms with van der Waals surface area (Å²) in [6.07, 6.45) is 6.33. The number of benzene rings is 1. The van der Waals surface area contributed by atoms with Gasteiger partial charge in [-0.2, -0.15) is 0 Å². The summed E-state index contributed by atoms with van der Waals surface area (Å²) < 4.78 is 6.54. The smallest absolute Gasteiger partial charge is 0.115 e. The number of fused-ring (bicyclic) bond motifs is 3. The SMILES string of the molecule is CCC(CC(CC(C)O)OC1CC2CCC1CC2O)c1ccc(O)cc1. The standard InChI is InChI=1S/C22H34O4/c1-3-15(16-6-8-19(24)9-7-16)11-20(10-14(2)23)26-22-13-17-4-5-18(22)12-21(17)25/h6-9,14-15,17-18,20-25H,3-5,10-13H2,1-2H3. The van der Waals surface area contributed by atoms with Crippen molar-refractivity contribution < 1.29 is 20.1 Å². The van der Waals surface area contributed by atoms with Crippen molar-refractivity contribution in [2.24, 2.45) is 11.8 Å². The Kier molecular flexibility index (Phi) is 6.60. The normalized spacial score (nSPS) is 31.5. The quantitative estimate of drug-likeness (QED) is 0.654. The summed E-state index contributed by atoms with van der Waals surface area (Å²) in [6.45, 7) is 4.00. The molecule has 0 amide bonds. The Balaban J connectivity index is 1.66. The molecule has 2 bridgehead atoms. The van der Waals surface area contributed by atoms with Crippen LogP contribution in [0.5, 0.6) is 5.75 Å². The third-order valence-electron chi connectivity index (χ3n) is 6.43. The highest BCUT2D eigenvalue weighted by molar-refractivity contribution is 5.28. The lowest BCUT2D eigenvalue weighted by Gasteiger charge is -2.46. The summed E-state index contributed by atoms with van der Waals surface area (Å²) >= 11 is 0. The second-order valence-corrected chi connectivity index (χ2v) is 8.45. The Hall–Kier alpha value is -1.10. The molecular weight excluding hydrogens is 328 g/mol. The molecule has 1 aromatic carbocycles. The average molecular weight is 363 g/mol. The molecule has 7 atom stereocenters. The molecule has 0 aromatic heterocycles. The van der Waals surface area contributed by atoms with Crippen molar-refractivity contribution in [3.63, 3.8) is 0 Å². The molecule has 0 radical (unpaired) electrons. The number of phenolic OH excluding ortho intramolecular Hbond substituents is 1. The lowest BCUT2D eigenvalue weighted by atomic mass is 9.67. The highest BCUT2D eigenvalue weighted by Crippen LogP contribution is 2.44. The number of phenols is 1. The van der Waals surface area contributed by atoms with Crippen molar-refractivity contribution in [1.29, 1.82) is 0 Å². The Morgan fingerprint density at radius 1 is 1.08 bits per heavy atom. The summed E-state index contributed by atoms with van der Waals surface area (Å²) in [5.41, 5.74) is 1.21. The van der Waals surface area contributed by atoms with Gasteiger partial charge in [-0.3, -0.25) is 0 Å². The summed E-state index contributed by atoms with van der Waals surface area (Å²) in [7, 11) is 0. The first kappa shape index (κ1) is 19.7. The molecule has 4 rings (SSSR count). The Bertz CT molecular complexity index is 556. The first-order chi connectivity index (χ1) is 12.5. The van der Waals surface area contributed by atoms with Crippen molar-refractivity contribution in [2.75, 3.05) is 0 Å². The summed E-state index contributed by atoms with van der Waals surface area (Å²) in [5.74, 6) is 1.49. The van der Waals surface area contributed by atoms with Gasteiger partial charge >= 0.3 is 0 Å². The molecule has 1 aromatic rings. The van der Waals surface area contributed by atoms with E-state index in [1.54, 1.807) is 12.1 Å². The van der Waals surface area contributed by atoms with Gasteiger partial charge in [0.2, 0.25) is 0 Å². The van der Waals surface area contributed by atoms with Crippen LogP contribution in [0.25, 0.3) is 0 Å². The molecule has 0 aliphatic heterocycles. The highest BCUT2D eigenvalue weighted by atomic mass is 16.5. The van der Waals surface area contributed by atoms with Crippen molar-refractivity contribution in [1.82, 2.24) is 0 Å². The zero-order chi connectivity index (χ0) is 18.7. The molecule has 4 heteroatoms. The molecule has 3 saturated carbocycles. The minimum absolute atomic E-state index is 0.0234. The summed E-state index contributed by atoms with van der Waals surface area (Å²) in [4.78, 5) is 0. The average Bonchev–Trinajstić information content (AvgIpc) is 2.61. The maximum absolute atomic E-state index is 10.1. The van der Waals surface area contributed by atoms with Gasteiger partial charge < -0.3 is 20.1 Å². The van der Waals surface area contributed by atoms with Gasteiger partial charge in [0.05, 0.1) is 24.4 Å². The monoisotopic (exact) mass is 362 g/mol. The van der Waals surface area contributed by atoms with E-state index in [0.717, 1.165) is 38.5 Å². The molecule has 26 heavy (non-hydrogen) atoms. The van der Waals surface area contributed by atoms with Crippen LogP contribution in [0.1, 0.15) is 70.3 Å². The molecule has 3 N–H and O–H groups in total. The first-order valence-electron chi connectivity index (χ1n) is 10.3. The van der Waals surface area contributed by atoms with Crippen molar-refractivity contribution in [2.45, 2.75) is 89.1 Å². The Labute approximate surface area is 157 Å². The van der Waals surface area contributed by atoms with Crippen molar-refractivity contribution >= 4 is 0 Å². The van der Waals surface area contributed by atoms with Crippen LogP contribution in [0.3, 0.4) is 0 Å². The van der Waals surface area contributed by atoms with Crippen LogP contribution >= 0.6 is 0 Å². The van der Waals surface area contributed by atoms with Gasteiger partial charge in [0.15, 0.2) is 0 Å². The van der Waals surface area contributed by atoms with Crippen molar-refractivity contribution in [3.8, 4) is 5.75 Å². The van der Waals surface area contributed by atoms with E-state index in [2.05, 4.69) is 6.92 Å². The van der Waals surface area contributed by atoms with Crippen LogP contribution in [0.4, 0.5) is 0 Å². The molecule has 146 valence electrons. The van der Waals surface area contributed by atoms with E-state index in [1.807, 2.05) is 19.1 Å². The maximum atomic E-state index is 10.1. The number of aromatic hydroxyl groups is 1. The highest BCUT2D eigenvalue weighted by Gasteiger charge is 2.42. The fraction of sp³-hybridized carbons (Fsp3) is 0.727. The van der Waals surface area contributed by atoms with Crippen LogP contribution < -0.4 is 0 Å². The van der Waals surface area contributed by atoms with Crippen LogP contribution in [0.15, 0.2) is 24.3 Å². The predicted molar refractivity (Wildman–Crippen MR) is 102 cm³/mol. The molecule has 3 aliphatic rings. The van der Waals surface area contributed by atoms with Crippen molar-refractivity contribution in [3.05, 3.63) is 29.8 Å². The topological polar surface area (TPSA) is 69.9 Å². The summed E-state index contributed by atoms with van der Waals surface area (Å²) in [5, 5.41) is 29.6. The third-order valence-corrected chi connectivity index (χ3v) is 6.43. The minimum atomic E-state index is -0.385. The molecule has 0 saturated heterocycles. The lowest BCUT2D eigenvalue weighted by Crippen LogP contribution is -2.46. The molecule has 3 aliphatic carbocycles. The minimum Gasteiger partial charge on any atom is -0.508 e. The molecule has 7 unspecified atom stereocenters. The fourth-order valence-electron chi connectivity index (χ4n) is 4.95. The zero-order valence-electron chi connectivity index (χ0n) is 16.1. The Morgan fingerprint density at radius 3 is 2.31 bits per heavy atom. The van der Waals surface area contributed by atoms with Gasteiger partial charge in [-0.05, 0) is 87.3 Å².